The summed E-state index contributed by atoms with van der Waals surface area (Å²) >= 11 is 4.68. The molecule has 0 aliphatic carbocycles. The van der Waals surface area contributed by atoms with Crippen LogP contribution in [-0.4, -0.2) is 0 Å². The quantitative estimate of drug-likeness (QED) is 0.509. The molecule has 1 heterocycles. The summed E-state index contributed by atoms with van der Waals surface area (Å²) in [6, 6.07) is 3.70. The van der Waals surface area contributed by atoms with Crippen molar-refractivity contribution >= 4 is 12.6 Å². The van der Waals surface area contributed by atoms with Gasteiger partial charge in [0.25, 0.3) is 0 Å². The highest BCUT2D eigenvalue weighted by Crippen LogP contribution is 1.97. The molecule has 0 bridgehead atoms. The molecule has 0 atom stereocenters. The molecule has 0 amide bonds. The Morgan fingerprint density at radius 1 is 1.71 bits per heavy atom. The van der Waals surface area contributed by atoms with E-state index in [0.717, 1.165) is 5.76 Å². The molecular weight excluding hydrogens is 108 g/mol. The van der Waals surface area contributed by atoms with E-state index in [0.29, 0.717) is 5.75 Å². The van der Waals surface area contributed by atoms with Gasteiger partial charge in [0.05, 0.1) is 12.0 Å². The Morgan fingerprint density at radius 2 is 2.57 bits per heavy atom. The molecule has 0 radical (unpaired) electrons. The van der Waals surface area contributed by atoms with Gasteiger partial charge in [-0.2, -0.15) is 0 Å². The molecule has 0 aliphatic heterocycles. The molecule has 1 nitrogen and oxygen atoms in total. The molecular formula is C5H5OS-. The highest BCUT2D eigenvalue weighted by Gasteiger charge is 1.78. The van der Waals surface area contributed by atoms with Crippen LogP contribution < -0.4 is 0 Å². The first-order chi connectivity index (χ1) is 3.43. The normalized spacial score (nSPS) is 9.29. The Labute approximate surface area is 47.7 Å². The molecule has 1 rings (SSSR count). The van der Waals surface area contributed by atoms with Crippen LogP contribution in [0.2, 0.25) is 0 Å². The van der Waals surface area contributed by atoms with Crippen LogP contribution in [0.4, 0.5) is 0 Å². The molecule has 1 aromatic heterocycles. The topological polar surface area (TPSA) is 13.1 Å². The van der Waals surface area contributed by atoms with E-state index < -0.39 is 0 Å². The molecule has 1 aromatic rings. The Bertz CT molecular complexity index is 123. The standard InChI is InChI=1S/C5H6OS/c7-4-5-2-1-3-6-5/h1-3,7H,4H2/p-1. The lowest BCUT2D eigenvalue weighted by Gasteiger charge is -1.93. The van der Waals surface area contributed by atoms with Crippen LogP contribution in [-0.2, 0) is 18.4 Å². The summed E-state index contributed by atoms with van der Waals surface area (Å²) in [7, 11) is 0. The van der Waals surface area contributed by atoms with E-state index in [2.05, 4.69) is 12.6 Å². The molecule has 0 spiro atoms. The summed E-state index contributed by atoms with van der Waals surface area (Å²) in [6.07, 6.45) is 1.63. The maximum Gasteiger partial charge on any atom is 0.0905 e. The average molecular weight is 113 g/mol. The third-order valence-corrected chi connectivity index (χ3v) is 1.01. The van der Waals surface area contributed by atoms with Crippen LogP contribution in [0.5, 0.6) is 0 Å². The number of hydrogen-bond acceptors (Lipinski definition) is 2. The maximum atomic E-state index is 4.88. The molecule has 7 heavy (non-hydrogen) atoms. The summed E-state index contributed by atoms with van der Waals surface area (Å²) in [6.45, 7) is 0. The summed E-state index contributed by atoms with van der Waals surface area (Å²) in [5, 5.41) is 0. The molecule has 0 fully saturated rings. The first kappa shape index (κ1) is 4.78. The Kier molecular flexibility index (Phi) is 1.42. The SMILES string of the molecule is [S-]Cc1ccco1. The fraction of sp³-hybridized carbons (Fsp3) is 0.200. The van der Waals surface area contributed by atoms with Gasteiger partial charge < -0.3 is 17.0 Å². The van der Waals surface area contributed by atoms with Crippen LogP contribution in [0.3, 0.4) is 0 Å². The van der Waals surface area contributed by atoms with Crippen molar-refractivity contribution in [3.05, 3.63) is 24.2 Å². The lowest BCUT2D eigenvalue weighted by molar-refractivity contribution is 0.530. The van der Waals surface area contributed by atoms with Crippen LogP contribution in [0.15, 0.2) is 22.8 Å². The zero-order chi connectivity index (χ0) is 5.11. The van der Waals surface area contributed by atoms with Crippen molar-refractivity contribution in [1.82, 2.24) is 0 Å². The highest BCUT2D eigenvalue weighted by atomic mass is 32.1. The second kappa shape index (κ2) is 2.07. The van der Waals surface area contributed by atoms with E-state index in [9.17, 15) is 0 Å². The highest BCUT2D eigenvalue weighted by molar-refractivity contribution is 7.57. The van der Waals surface area contributed by atoms with Crippen molar-refractivity contribution < 1.29 is 4.42 Å². The van der Waals surface area contributed by atoms with Gasteiger partial charge in [-0.05, 0) is 12.1 Å². The summed E-state index contributed by atoms with van der Waals surface area (Å²) in [4.78, 5) is 0. The molecule has 0 N–H and O–H groups in total. The summed E-state index contributed by atoms with van der Waals surface area (Å²) in [5.41, 5.74) is 0. The third kappa shape index (κ3) is 0.996. The van der Waals surface area contributed by atoms with Crippen molar-refractivity contribution in [2.45, 2.75) is 5.75 Å². The minimum absolute atomic E-state index is 0.576. The minimum atomic E-state index is 0.576. The van der Waals surface area contributed by atoms with Gasteiger partial charge in [0.1, 0.15) is 0 Å². The van der Waals surface area contributed by atoms with E-state index in [1.165, 1.54) is 0 Å². The summed E-state index contributed by atoms with van der Waals surface area (Å²) in [5.74, 6) is 1.45. The molecule has 0 aliphatic rings. The predicted molar refractivity (Wildman–Crippen MR) is 29.8 cm³/mol. The van der Waals surface area contributed by atoms with E-state index >= 15 is 0 Å². The Hall–Kier alpha value is -0.370. The Balaban J connectivity index is 2.76. The zero-order valence-corrected chi connectivity index (χ0v) is 4.57. The molecule has 0 saturated carbocycles. The second-order valence-electron chi connectivity index (χ2n) is 1.22. The molecule has 0 aromatic carbocycles. The monoisotopic (exact) mass is 113 g/mol. The number of hydrogen-bond donors (Lipinski definition) is 0. The zero-order valence-electron chi connectivity index (χ0n) is 3.76. The fourth-order valence-corrected chi connectivity index (χ4v) is 0.559. The van der Waals surface area contributed by atoms with Gasteiger partial charge in [-0.15, -0.1) is 5.75 Å². The lowest BCUT2D eigenvalue weighted by Crippen LogP contribution is -1.68. The molecule has 0 saturated heterocycles. The maximum absolute atomic E-state index is 4.88. The number of rotatable bonds is 1. The number of furan rings is 1. The van der Waals surface area contributed by atoms with E-state index in [1.807, 2.05) is 12.1 Å². The van der Waals surface area contributed by atoms with Gasteiger partial charge in [0.2, 0.25) is 0 Å². The minimum Gasteiger partial charge on any atom is -0.785 e. The first-order valence-electron chi connectivity index (χ1n) is 2.04. The molecule has 0 unspecified atom stereocenters. The van der Waals surface area contributed by atoms with Crippen molar-refractivity contribution in [2.24, 2.45) is 0 Å². The van der Waals surface area contributed by atoms with E-state index in [4.69, 9.17) is 4.42 Å². The fourth-order valence-electron chi connectivity index (χ4n) is 0.395. The van der Waals surface area contributed by atoms with Gasteiger partial charge in [0.15, 0.2) is 0 Å². The van der Waals surface area contributed by atoms with Gasteiger partial charge in [-0.3, -0.25) is 0 Å². The predicted octanol–water partition coefficient (Wildman–Crippen LogP) is 1.33. The Morgan fingerprint density at radius 3 is 2.86 bits per heavy atom. The van der Waals surface area contributed by atoms with Gasteiger partial charge in [-0.1, -0.05) is 0 Å². The van der Waals surface area contributed by atoms with Crippen LogP contribution in [0.25, 0.3) is 0 Å². The lowest BCUT2D eigenvalue weighted by atomic mass is 10.5. The van der Waals surface area contributed by atoms with Crippen molar-refractivity contribution in [3.63, 3.8) is 0 Å². The smallest absolute Gasteiger partial charge is 0.0905 e. The van der Waals surface area contributed by atoms with Crippen LogP contribution in [0.1, 0.15) is 5.76 Å². The first-order valence-corrected chi connectivity index (χ1v) is 2.61. The average Bonchev–Trinajstić information content (AvgIpc) is 2.14. The summed E-state index contributed by atoms with van der Waals surface area (Å²) < 4.78 is 4.88. The van der Waals surface area contributed by atoms with Crippen molar-refractivity contribution in [2.75, 3.05) is 0 Å². The third-order valence-electron chi connectivity index (χ3n) is 0.722. The molecule has 2 heteroatoms. The van der Waals surface area contributed by atoms with Crippen molar-refractivity contribution in [3.8, 4) is 0 Å². The van der Waals surface area contributed by atoms with E-state index in [1.54, 1.807) is 6.26 Å². The van der Waals surface area contributed by atoms with Gasteiger partial charge in [-0.25, -0.2) is 0 Å². The van der Waals surface area contributed by atoms with Crippen molar-refractivity contribution in [1.29, 1.82) is 0 Å². The van der Waals surface area contributed by atoms with Gasteiger partial charge >= 0.3 is 0 Å². The second-order valence-corrected chi connectivity index (χ2v) is 1.51. The van der Waals surface area contributed by atoms with Crippen LogP contribution in [0, 0.1) is 0 Å². The largest absolute Gasteiger partial charge is 0.785 e. The van der Waals surface area contributed by atoms with E-state index in [-0.39, 0.29) is 0 Å². The van der Waals surface area contributed by atoms with Gasteiger partial charge in [0, 0.05) is 0 Å². The molecule has 38 valence electrons. The van der Waals surface area contributed by atoms with Crippen LogP contribution >= 0.6 is 0 Å².